The van der Waals surface area contributed by atoms with Crippen LogP contribution in [0, 0.1) is 0 Å². The van der Waals surface area contributed by atoms with Crippen molar-refractivity contribution in [2.75, 3.05) is 36.4 Å². The van der Waals surface area contributed by atoms with Gasteiger partial charge in [0.2, 0.25) is 0 Å². The number of rotatable bonds is 4. The Morgan fingerprint density at radius 2 is 1.64 bits per heavy atom. The zero-order chi connectivity index (χ0) is 20.3. The molecule has 28 heavy (non-hydrogen) atoms. The fraction of sp³-hybridized carbons (Fsp3) is 0.381. The van der Waals surface area contributed by atoms with Crippen molar-refractivity contribution in [1.82, 2.24) is 4.90 Å². The van der Waals surface area contributed by atoms with Gasteiger partial charge in [0.25, 0.3) is 5.91 Å². The van der Waals surface area contributed by atoms with Crippen LogP contribution in [0.4, 0.5) is 24.5 Å². The number of anilines is 2. The van der Waals surface area contributed by atoms with Crippen LogP contribution in [-0.2, 0) is 6.18 Å². The highest BCUT2D eigenvalue weighted by molar-refractivity contribution is 5.94. The minimum absolute atomic E-state index is 0.0187. The summed E-state index contributed by atoms with van der Waals surface area (Å²) in [5.74, 6) is -0.0187. The first kappa shape index (κ1) is 20.0. The summed E-state index contributed by atoms with van der Waals surface area (Å²) in [6.45, 7) is 5.82. The van der Waals surface area contributed by atoms with Gasteiger partial charge in [0, 0.05) is 49.2 Å². The first-order valence-corrected chi connectivity index (χ1v) is 9.33. The number of nitrogens with one attached hydrogen (secondary N) is 1. The smallest absolute Gasteiger partial charge is 0.382 e. The Morgan fingerprint density at radius 3 is 2.21 bits per heavy atom. The third-order valence-corrected chi connectivity index (χ3v) is 4.71. The Hall–Kier alpha value is -2.70. The molecule has 4 nitrogen and oxygen atoms in total. The second-order valence-corrected chi connectivity index (χ2v) is 7.17. The van der Waals surface area contributed by atoms with Gasteiger partial charge in [-0.05, 0) is 44.2 Å². The van der Waals surface area contributed by atoms with E-state index in [4.69, 9.17) is 0 Å². The van der Waals surface area contributed by atoms with Crippen molar-refractivity contribution in [3.63, 3.8) is 0 Å². The molecule has 7 heteroatoms. The number of piperazine rings is 1. The van der Waals surface area contributed by atoms with Crippen molar-refractivity contribution in [1.29, 1.82) is 0 Å². The third kappa shape index (κ3) is 4.58. The molecule has 150 valence electrons. The van der Waals surface area contributed by atoms with E-state index in [0.717, 1.165) is 11.8 Å². The van der Waals surface area contributed by atoms with E-state index in [0.29, 0.717) is 31.7 Å². The van der Waals surface area contributed by atoms with Gasteiger partial charge in [0.1, 0.15) is 0 Å². The molecule has 2 aromatic rings. The summed E-state index contributed by atoms with van der Waals surface area (Å²) >= 11 is 0. The molecule has 2 aromatic carbocycles. The largest absolute Gasteiger partial charge is 0.418 e. The summed E-state index contributed by atoms with van der Waals surface area (Å²) in [7, 11) is 0. The van der Waals surface area contributed by atoms with Gasteiger partial charge < -0.3 is 15.1 Å². The first-order valence-electron chi connectivity index (χ1n) is 9.33. The van der Waals surface area contributed by atoms with Crippen LogP contribution >= 0.6 is 0 Å². The molecule has 3 rings (SSSR count). The average molecular weight is 391 g/mol. The molecule has 0 aliphatic carbocycles. The van der Waals surface area contributed by atoms with Gasteiger partial charge in [-0.2, -0.15) is 13.2 Å². The highest BCUT2D eigenvalue weighted by Crippen LogP contribution is 2.37. The molecule has 0 aromatic heterocycles. The highest BCUT2D eigenvalue weighted by Gasteiger charge is 2.34. The molecule has 1 aliphatic heterocycles. The van der Waals surface area contributed by atoms with Crippen molar-refractivity contribution in [2.45, 2.75) is 26.1 Å². The average Bonchev–Trinajstić information content (AvgIpc) is 2.67. The van der Waals surface area contributed by atoms with Crippen LogP contribution in [0.25, 0.3) is 0 Å². The highest BCUT2D eigenvalue weighted by atomic mass is 19.4. The fourth-order valence-electron chi connectivity index (χ4n) is 3.34. The van der Waals surface area contributed by atoms with Gasteiger partial charge in [-0.15, -0.1) is 0 Å². The summed E-state index contributed by atoms with van der Waals surface area (Å²) in [5, 5.41) is 2.90. The molecule has 1 heterocycles. The van der Waals surface area contributed by atoms with E-state index >= 15 is 0 Å². The van der Waals surface area contributed by atoms with E-state index in [1.165, 1.54) is 6.07 Å². The van der Waals surface area contributed by atoms with Gasteiger partial charge in [0.05, 0.1) is 5.56 Å². The minimum atomic E-state index is -4.41. The zero-order valence-corrected chi connectivity index (χ0v) is 16.0. The van der Waals surface area contributed by atoms with Crippen molar-refractivity contribution in [3.8, 4) is 0 Å². The van der Waals surface area contributed by atoms with Crippen molar-refractivity contribution in [2.24, 2.45) is 0 Å². The van der Waals surface area contributed by atoms with E-state index in [2.05, 4.69) is 5.32 Å². The standard InChI is InChI=1S/C21H24F3N3O/c1-15(2)25-19-14-17(8-9-18(19)21(22,23)24)26-10-12-27(13-11-26)20(28)16-6-4-3-5-7-16/h3-9,14-15,25H,10-13H2,1-2H3. The molecule has 1 amide bonds. The molecule has 0 unspecified atom stereocenters. The van der Waals surface area contributed by atoms with E-state index < -0.39 is 11.7 Å². The van der Waals surface area contributed by atoms with Crippen LogP contribution in [-0.4, -0.2) is 43.0 Å². The molecule has 0 atom stereocenters. The molecule has 0 bridgehead atoms. The molecule has 0 saturated carbocycles. The van der Waals surface area contributed by atoms with E-state index in [9.17, 15) is 18.0 Å². The number of benzene rings is 2. The lowest BCUT2D eigenvalue weighted by atomic mass is 10.1. The number of nitrogens with zero attached hydrogens (tertiary/aromatic N) is 2. The van der Waals surface area contributed by atoms with Gasteiger partial charge in [0.15, 0.2) is 0 Å². The fourth-order valence-corrected chi connectivity index (χ4v) is 3.34. The Bertz CT molecular complexity index is 813. The summed E-state index contributed by atoms with van der Waals surface area (Å²) in [4.78, 5) is 16.3. The minimum Gasteiger partial charge on any atom is -0.382 e. The number of carbonyl (C=O) groups excluding carboxylic acids is 1. The molecular weight excluding hydrogens is 367 g/mol. The maximum atomic E-state index is 13.3. The second-order valence-electron chi connectivity index (χ2n) is 7.17. The lowest BCUT2D eigenvalue weighted by Gasteiger charge is -2.36. The quantitative estimate of drug-likeness (QED) is 0.834. The molecule has 1 fully saturated rings. The Labute approximate surface area is 162 Å². The van der Waals surface area contributed by atoms with Crippen molar-refractivity contribution in [3.05, 3.63) is 59.7 Å². The number of hydrogen-bond donors (Lipinski definition) is 1. The van der Waals surface area contributed by atoms with Crippen molar-refractivity contribution >= 4 is 17.3 Å². The lowest BCUT2D eigenvalue weighted by Crippen LogP contribution is -2.48. The van der Waals surface area contributed by atoms with Gasteiger partial charge in [-0.25, -0.2) is 0 Å². The molecule has 1 aliphatic rings. The van der Waals surface area contributed by atoms with Crippen LogP contribution in [0.15, 0.2) is 48.5 Å². The zero-order valence-electron chi connectivity index (χ0n) is 16.0. The monoisotopic (exact) mass is 391 g/mol. The van der Waals surface area contributed by atoms with Gasteiger partial charge in [-0.3, -0.25) is 4.79 Å². The van der Waals surface area contributed by atoms with E-state index in [-0.39, 0.29) is 17.6 Å². The maximum Gasteiger partial charge on any atom is 0.418 e. The number of halogens is 3. The lowest BCUT2D eigenvalue weighted by molar-refractivity contribution is -0.136. The molecule has 0 spiro atoms. The van der Waals surface area contributed by atoms with Gasteiger partial charge in [-0.1, -0.05) is 18.2 Å². The summed E-state index contributed by atoms with van der Waals surface area (Å²) in [6, 6.07) is 13.2. The van der Waals surface area contributed by atoms with Crippen LogP contribution in [0.1, 0.15) is 29.8 Å². The summed E-state index contributed by atoms with van der Waals surface area (Å²) in [6.07, 6.45) is -4.41. The van der Waals surface area contributed by atoms with Crippen molar-refractivity contribution < 1.29 is 18.0 Å². The number of hydrogen-bond acceptors (Lipinski definition) is 3. The van der Waals surface area contributed by atoms with Crippen LogP contribution < -0.4 is 10.2 Å². The predicted molar refractivity (Wildman–Crippen MR) is 105 cm³/mol. The third-order valence-electron chi connectivity index (χ3n) is 4.71. The predicted octanol–water partition coefficient (Wildman–Crippen LogP) is 4.49. The topological polar surface area (TPSA) is 35.6 Å². The first-order chi connectivity index (χ1) is 13.3. The molecule has 0 radical (unpaired) electrons. The molecular formula is C21H24F3N3O. The van der Waals surface area contributed by atoms with Crippen LogP contribution in [0.3, 0.4) is 0 Å². The normalized spacial score (nSPS) is 15.1. The van der Waals surface area contributed by atoms with Gasteiger partial charge >= 0.3 is 6.18 Å². The van der Waals surface area contributed by atoms with E-state index in [1.54, 1.807) is 36.9 Å². The number of carbonyl (C=O) groups is 1. The summed E-state index contributed by atoms with van der Waals surface area (Å²) in [5.41, 5.74) is 0.794. The number of alkyl halides is 3. The van der Waals surface area contributed by atoms with E-state index in [1.807, 2.05) is 23.1 Å². The Balaban J connectivity index is 1.72. The molecule has 1 saturated heterocycles. The van der Waals surface area contributed by atoms with Crippen LogP contribution in [0.5, 0.6) is 0 Å². The maximum absolute atomic E-state index is 13.3. The SMILES string of the molecule is CC(C)Nc1cc(N2CCN(C(=O)c3ccccc3)CC2)ccc1C(F)(F)F. The Kier molecular flexibility index (Phi) is 5.82. The number of amides is 1. The van der Waals surface area contributed by atoms with Crippen LogP contribution in [0.2, 0.25) is 0 Å². The molecule has 1 N–H and O–H groups in total. The summed E-state index contributed by atoms with van der Waals surface area (Å²) < 4.78 is 39.8. The Morgan fingerprint density at radius 1 is 1.00 bits per heavy atom. The second kappa shape index (κ2) is 8.12.